The van der Waals surface area contributed by atoms with Crippen LogP contribution >= 0.6 is 11.6 Å². The molecule has 2 N–H and O–H groups in total. The van der Waals surface area contributed by atoms with E-state index in [1.54, 1.807) is 19.1 Å². The van der Waals surface area contributed by atoms with Gasteiger partial charge < -0.3 is 15.2 Å². The van der Waals surface area contributed by atoms with E-state index in [4.69, 9.17) is 26.8 Å². The molecule has 4 nitrogen and oxygen atoms in total. The van der Waals surface area contributed by atoms with Crippen LogP contribution in [0.1, 0.15) is 38.8 Å². The van der Waals surface area contributed by atoms with Crippen molar-refractivity contribution in [2.75, 3.05) is 6.61 Å². The molecular formula is C14H20ClNO3. The molecule has 19 heavy (non-hydrogen) atoms. The lowest BCUT2D eigenvalue weighted by Gasteiger charge is -2.17. The molecule has 0 aliphatic heterocycles. The Kier molecular flexibility index (Phi) is 6.12. The van der Waals surface area contributed by atoms with Crippen LogP contribution in [-0.2, 0) is 9.53 Å². The van der Waals surface area contributed by atoms with Gasteiger partial charge in [-0.2, -0.15) is 0 Å². The highest BCUT2D eigenvalue weighted by Gasteiger charge is 2.20. The highest BCUT2D eigenvalue weighted by atomic mass is 35.5. The summed E-state index contributed by atoms with van der Waals surface area (Å²) < 4.78 is 10.5. The zero-order valence-corrected chi connectivity index (χ0v) is 12.2. The fraction of sp³-hybridized carbons (Fsp3) is 0.500. The average Bonchev–Trinajstić information content (AvgIpc) is 2.37. The van der Waals surface area contributed by atoms with Crippen molar-refractivity contribution in [1.29, 1.82) is 0 Å². The molecule has 0 aliphatic rings. The number of ether oxygens (including phenoxy) is 2. The Bertz CT molecular complexity index is 435. The second kappa shape index (κ2) is 7.36. The molecule has 0 saturated carbocycles. The number of hydrogen-bond donors (Lipinski definition) is 1. The minimum Gasteiger partial charge on any atom is -0.477 e. The van der Waals surface area contributed by atoms with Crippen molar-refractivity contribution >= 4 is 17.6 Å². The minimum atomic E-state index is -0.640. The van der Waals surface area contributed by atoms with Gasteiger partial charge in [0, 0.05) is 6.04 Å². The number of hydrogen-bond acceptors (Lipinski definition) is 4. The number of nitrogens with two attached hydrogens (primary N) is 1. The highest BCUT2D eigenvalue weighted by molar-refractivity contribution is 6.32. The van der Waals surface area contributed by atoms with Crippen molar-refractivity contribution in [1.82, 2.24) is 0 Å². The molecule has 1 unspecified atom stereocenters. The van der Waals surface area contributed by atoms with Gasteiger partial charge in [-0.05, 0) is 38.0 Å². The van der Waals surface area contributed by atoms with E-state index in [1.165, 1.54) is 0 Å². The van der Waals surface area contributed by atoms with Gasteiger partial charge in [0.05, 0.1) is 11.6 Å². The van der Waals surface area contributed by atoms with E-state index in [1.807, 2.05) is 19.9 Å². The van der Waals surface area contributed by atoms with Crippen LogP contribution in [0.5, 0.6) is 5.75 Å². The molecule has 0 bridgehead atoms. The normalized spacial score (nSPS) is 13.7. The van der Waals surface area contributed by atoms with Crippen LogP contribution in [0.3, 0.4) is 0 Å². The summed E-state index contributed by atoms with van der Waals surface area (Å²) in [6.45, 7) is 5.82. The second-order valence-corrected chi connectivity index (χ2v) is 4.65. The highest BCUT2D eigenvalue weighted by Crippen LogP contribution is 2.28. The van der Waals surface area contributed by atoms with Crippen LogP contribution < -0.4 is 10.5 Å². The molecule has 2 atom stereocenters. The maximum atomic E-state index is 11.7. The summed E-state index contributed by atoms with van der Waals surface area (Å²) >= 11 is 6.12. The van der Waals surface area contributed by atoms with E-state index in [0.29, 0.717) is 23.8 Å². The van der Waals surface area contributed by atoms with Gasteiger partial charge in [0.25, 0.3) is 0 Å². The number of rotatable bonds is 6. The molecule has 0 saturated heterocycles. The van der Waals surface area contributed by atoms with Crippen molar-refractivity contribution < 1.29 is 14.3 Å². The van der Waals surface area contributed by atoms with Crippen molar-refractivity contribution in [2.45, 2.75) is 39.3 Å². The Morgan fingerprint density at radius 2 is 2.11 bits per heavy atom. The quantitative estimate of drug-likeness (QED) is 0.816. The zero-order chi connectivity index (χ0) is 14.4. The van der Waals surface area contributed by atoms with Crippen LogP contribution in [0.2, 0.25) is 5.02 Å². The topological polar surface area (TPSA) is 61.5 Å². The van der Waals surface area contributed by atoms with E-state index in [0.717, 1.165) is 5.56 Å². The maximum absolute atomic E-state index is 11.7. The molecule has 0 fully saturated rings. The predicted octanol–water partition coefficient (Wildman–Crippen LogP) is 3.08. The average molecular weight is 286 g/mol. The summed E-state index contributed by atoms with van der Waals surface area (Å²) in [7, 11) is 0. The fourth-order valence-electron chi connectivity index (χ4n) is 1.58. The summed E-state index contributed by atoms with van der Waals surface area (Å²) in [5.74, 6) is 0.0864. The van der Waals surface area contributed by atoms with Gasteiger partial charge >= 0.3 is 5.97 Å². The molecule has 0 radical (unpaired) electrons. The fourth-order valence-corrected chi connectivity index (χ4v) is 1.82. The Balaban J connectivity index is 2.83. The Labute approximate surface area is 118 Å². The summed E-state index contributed by atoms with van der Waals surface area (Å²) in [5, 5.41) is 0.442. The molecule has 1 rings (SSSR count). The third-order valence-electron chi connectivity index (χ3n) is 2.67. The Morgan fingerprint density at radius 1 is 1.42 bits per heavy atom. The van der Waals surface area contributed by atoms with Gasteiger partial charge in [0.1, 0.15) is 5.75 Å². The number of halogens is 1. The first kappa shape index (κ1) is 15.8. The van der Waals surface area contributed by atoms with Gasteiger partial charge in [-0.25, -0.2) is 4.79 Å². The van der Waals surface area contributed by atoms with Gasteiger partial charge in [-0.15, -0.1) is 0 Å². The molecule has 0 aromatic heterocycles. The van der Waals surface area contributed by atoms with E-state index < -0.39 is 6.10 Å². The van der Waals surface area contributed by atoms with E-state index >= 15 is 0 Å². The Hall–Kier alpha value is -1.26. The lowest BCUT2D eigenvalue weighted by atomic mass is 10.1. The van der Waals surface area contributed by atoms with E-state index in [9.17, 15) is 4.79 Å². The van der Waals surface area contributed by atoms with Gasteiger partial charge in [-0.1, -0.05) is 24.6 Å². The van der Waals surface area contributed by atoms with Crippen LogP contribution in [0.15, 0.2) is 18.2 Å². The van der Waals surface area contributed by atoms with Crippen LogP contribution in [0.25, 0.3) is 0 Å². The minimum absolute atomic E-state index is 0.0985. The summed E-state index contributed by atoms with van der Waals surface area (Å²) in [6.07, 6.45) is -0.122. The number of carbonyl (C=O) groups is 1. The standard InChI is InChI=1S/C14H20ClNO3/c1-4-12(14(17)18-5-2)19-13-7-6-10(9(3)16)8-11(13)15/h6-9,12H,4-5,16H2,1-3H3/t9-,12?/m0/s1. The lowest BCUT2D eigenvalue weighted by Crippen LogP contribution is -2.28. The molecule has 1 aromatic carbocycles. The smallest absolute Gasteiger partial charge is 0.347 e. The van der Waals surface area contributed by atoms with Crippen molar-refractivity contribution in [3.8, 4) is 5.75 Å². The maximum Gasteiger partial charge on any atom is 0.347 e. The molecule has 0 spiro atoms. The van der Waals surface area contributed by atoms with Crippen molar-refractivity contribution in [3.05, 3.63) is 28.8 Å². The summed E-state index contributed by atoms with van der Waals surface area (Å²) in [6, 6.07) is 5.21. The summed E-state index contributed by atoms with van der Waals surface area (Å²) in [5.41, 5.74) is 6.69. The molecular weight excluding hydrogens is 266 g/mol. The van der Waals surface area contributed by atoms with E-state index in [-0.39, 0.29) is 12.0 Å². The monoisotopic (exact) mass is 285 g/mol. The molecule has 1 aromatic rings. The van der Waals surface area contributed by atoms with E-state index in [2.05, 4.69) is 0 Å². The second-order valence-electron chi connectivity index (χ2n) is 4.25. The largest absolute Gasteiger partial charge is 0.477 e. The van der Waals surface area contributed by atoms with Crippen molar-refractivity contribution in [2.24, 2.45) is 5.73 Å². The van der Waals surface area contributed by atoms with Gasteiger partial charge in [0.15, 0.2) is 6.10 Å². The first-order valence-electron chi connectivity index (χ1n) is 6.37. The predicted molar refractivity (Wildman–Crippen MR) is 75.4 cm³/mol. The van der Waals surface area contributed by atoms with Crippen LogP contribution in [-0.4, -0.2) is 18.7 Å². The first-order chi connectivity index (χ1) is 8.99. The van der Waals surface area contributed by atoms with Crippen molar-refractivity contribution in [3.63, 3.8) is 0 Å². The molecule has 106 valence electrons. The molecule has 5 heteroatoms. The molecule has 0 aliphatic carbocycles. The lowest BCUT2D eigenvalue weighted by molar-refractivity contribution is -0.151. The third-order valence-corrected chi connectivity index (χ3v) is 2.97. The van der Waals surface area contributed by atoms with Crippen LogP contribution in [0.4, 0.5) is 0 Å². The van der Waals surface area contributed by atoms with Crippen LogP contribution in [0, 0.1) is 0 Å². The Morgan fingerprint density at radius 3 is 2.58 bits per heavy atom. The molecule has 0 amide bonds. The van der Waals surface area contributed by atoms with Gasteiger partial charge in [-0.3, -0.25) is 0 Å². The molecule has 0 heterocycles. The number of benzene rings is 1. The number of esters is 1. The third kappa shape index (κ3) is 4.40. The number of carbonyl (C=O) groups excluding carboxylic acids is 1. The van der Waals surface area contributed by atoms with Gasteiger partial charge in [0.2, 0.25) is 0 Å². The summed E-state index contributed by atoms with van der Waals surface area (Å²) in [4.78, 5) is 11.7. The SMILES string of the molecule is CCOC(=O)C(CC)Oc1ccc([C@H](C)N)cc1Cl. The first-order valence-corrected chi connectivity index (χ1v) is 6.75. The zero-order valence-electron chi connectivity index (χ0n) is 11.5.